The van der Waals surface area contributed by atoms with Crippen molar-refractivity contribution in [3.05, 3.63) is 39.4 Å². The monoisotopic (exact) mass is 334 g/mol. The van der Waals surface area contributed by atoms with Gasteiger partial charge in [0.1, 0.15) is 0 Å². The van der Waals surface area contributed by atoms with E-state index >= 15 is 0 Å². The lowest BCUT2D eigenvalue weighted by Gasteiger charge is -2.09. The van der Waals surface area contributed by atoms with Crippen LogP contribution in [0.4, 0.5) is 0 Å². The molecule has 0 saturated heterocycles. The largest absolute Gasteiger partial charge is 0.359 e. The molecule has 0 fully saturated rings. The lowest BCUT2D eigenvalue weighted by atomic mass is 9.99. The number of hydrogen-bond donors (Lipinski definition) is 2. The highest BCUT2D eigenvalue weighted by atomic mass is 32.1. The van der Waals surface area contributed by atoms with Crippen molar-refractivity contribution in [2.75, 3.05) is 7.05 Å². The van der Waals surface area contributed by atoms with E-state index < -0.39 is 0 Å². The molecule has 2 aromatic heterocycles. The van der Waals surface area contributed by atoms with E-state index in [2.05, 4.69) is 53.7 Å². The van der Waals surface area contributed by atoms with E-state index in [0.717, 1.165) is 36.8 Å². The first-order chi connectivity index (χ1) is 11.2. The number of aliphatic imine (C=N–C) groups is 1. The highest BCUT2D eigenvalue weighted by Crippen LogP contribution is 2.22. The predicted molar refractivity (Wildman–Crippen MR) is 95.9 cm³/mol. The van der Waals surface area contributed by atoms with Crippen molar-refractivity contribution < 1.29 is 4.52 Å². The van der Waals surface area contributed by atoms with Gasteiger partial charge in [-0.1, -0.05) is 19.0 Å². The van der Waals surface area contributed by atoms with E-state index in [0.29, 0.717) is 12.5 Å². The summed E-state index contributed by atoms with van der Waals surface area (Å²) in [6.07, 6.45) is 2.17. The quantitative estimate of drug-likeness (QED) is 0.597. The first-order valence-corrected chi connectivity index (χ1v) is 8.93. The summed E-state index contributed by atoms with van der Waals surface area (Å²) in [5.41, 5.74) is 1.05. The highest BCUT2D eigenvalue weighted by molar-refractivity contribution is 7.11. The Labute approximate surface area is 142 Å². The van der Waals surface area contributed by atoms with Crippen LogP contribution >= 0.6 is 11.3 Å². The first-order valence-electron chi connectivity index (χ1n) is 8.11. The molecule has 0 spiro atoms. The molecule has 0 aliphatic rings. The molecule has 0 aromatic carbocycles. The van der Waals surface area contributed by atoms with Crippen molar-refractivity contribution in [2.45, 2.75) is 52.6 Å². The van der Waals surface area contributed by atoms with Crippen LogP contribution < -0.4 is 10.6 Å². The van der Waals surface area contributed by atoms with Gasteiger partial charge in [0, 0.05) is 28.8 Å². The Balaban J connectivity index is 1.83. The summed E-state index contributed by atoms with van der Waals surface area (Å²) < 4.78 is 5.42. The predicted octanol–water partition coefficient (Wildman–Crippen LogP) is 3.81. The van der Waals surface area contributed by atoms with Crippen molar-refractivity contribution in [3.63, 3.8) is 0 Å². The zero-order chi connectivity index (χ0) is 16.7. The minimum atomic E-state index is 0.479. The molecule has 0 bridgehead atoms. The van der Waals surface area contributed by atoms with Crippen molar-refractivity contribution in [1.29, 1.82) is 0 Å². The molecule has 2 heterocycles. The molecular weight excluding hydrogens is 308 g/mol. The van der Waals surface area contributed by atoms with Gasteiger partial charge in [0.25, 0.3) is 0 Å². The molecule has 0 amide bonds. The normalized spacial score (nSPS) is 12.0. The van der Waals surface area contributed by atoms with Gasteiger partial charge in [0.15, 0.2) is 11.7 Å². The average Bonchev–Trinajstić information content (AvgIpc) is 3.18. The second-order valence-electron chi connectivity index (χ2n) is 5.52. The number of hydrogen-bond acceptors (Lipinski definition) is 4. The highest BCUT2D eigenvalue weighted by Gasteiger charge is 2.13. The van der Waals surface area contributed by atoms with Crippen molar-refractivity contribution in [2.24, 2.45) is 4.99 Å². The summed E-state index contributed by atoms with van der Waals surface area (Å²) >= 11 is 1.79. The number of nitrogens with one attached hydrogen (secondary N) is 2. The van der Waals surface area contributed by atoms with Gasteiger partial charge in [-0.3, -0.25) is 4.99 Å². The van der Waals surface area contributed by atoms with Crippen LogP contribution in [0.1, 0.15) is 53.8 Å². The molecule has 2 N–H and O–H groups in total. The molecule has 0 aliphatic heterocycles. The molecule has 5 nitrogen and oxygen atoms in total. The molecule has 126 valence electrons. The van der Waals surface area contributed by atoms with E-state index in [1.807, 2.05) is 6.07 Å². The third kappa shape index (κ3) is 5.10. The van der Waals surface area contributed by atoms with Gasteiger partial charge in [0.05, 0.1) is 18.8 Å². The van der Waals surface area contributed by atoms with Crippen LogP contribution in [-0.2, 0) is 13.1 Å². The van der Waals surface area contributed by atoms with Crippen molar-refractivity contribution in [3.8, 4) is 0 Å². The smallest absolute Gasteiger partial charge is 0.191 e. The summed E-state index contributed by atoms with van der Waals surface area (Å²) in [4.78, 5) is 6.85. The lowest BCUT2D eigenvalue weighted by molar-refractivity contribution is 0.368. The average molecular weight is 334 g/mol. The van der Waals surface area contributed by atoms with Crippen LogP contribution in [0.5, 0.6) is 0 Å². The van der Waals surface area contributed by atoms with Crippen LogP contribution in [-0.4, -0.2) is 18.2 Å². The number of guanidine groups is 1. The second-order valence-corrected chi connectivity index (χ2v) is 6.90. The van der Waals surface area contributed by atoms with Crippen LogP contribution in [0.25, 0.3) is 0 Å². The third-order valence-electron chi connectivity index (χ3n) is 3.86. The van der Waals surface area contributed by atoms with Gasteiger partial charge in [-0.25, -0.2) is 0 Å². The fourth-order valence-electron chi connectivity index (χ4n) is 2.45. The van der Waals surface area contributed by atoms with E-state index in [1.54, 1.807) is 18.4 Å². The topological polar surface area (TPSA) is 62.5 Å². The minimum absolute atomic E-state index is 0.479. The van der Waals surface area contributed by atoms with E-state index in [-0.39, 0.29) is 0 Å². The Hall–Kier alpha value is -1.82. The second kappa shape index (κ2) is 8.72. The maximum atomic E-state index is 5.42. The fraction of sp³-hybridized carbons (Fsp3) is 0.529. The Bertz CT molecular complexity index is 628. The van der Waals surface area contributed by atoms with Gasteiger partial charge in [-0.2, -0.15) is 0 Å². The van der Waals surface area contributed by atoms with Crippen LogP contribution in [0.2, 0.25) is 0 Å². The van der Waals surface area contributed by atoms with Crippen molar-refractivity contribution >= 4 is 17.3 Å². The molecule has 23 heavy (non-hydrogen) atoms. The maximum absolute atomic E-state index is 5.42. The summed E-state index contributed by atoms with van der Waals surface area (Å²) in [5.74, 6) is 2.07. The molecule has 2 rings (SSSR count). The summed E-state index contributed by atoms with van der Waals surface area (Å²) in [7, 11) is 1.77. The number of aryl methyl sites for hydroxylation is 1. The molecule has 0 radical (unpaired) electrons. The zero-order valence-corrected chi connectivity index (χ0v) is 15.2. The Morgan fingerprint density at radius 3 is 2.61 bits per heavy atom. The third-order valence-corrected chi connectivity index (χ3v) is 4.86. The molecule has 0 unspecified atom stereocenters. The summed E-state index contributed by atoms with van der Waals surface area (Å²) in [5, 5.41) is 10.8. The number of aromatic nitrogens is 1. The number of rotatable bonds is 7. The Morgan fingerprint density at radius 2 is 2.00 bits per heavy atom. The first kappa shape index (κ1) is 17.5. The van der Waals surface area contributed by atoms with Gasteiger partial charge < -0.3 is 15.2 Å². The molecule has 6 heteroatoms. The van der Waals surface area contributed by atoms with Crippen LogP contribution in [0, 0.1) is 6.92 Å². The van der Waals surface area contributed by atoms with E-state index in [4.69, 9.17) is 4.52 Å². The molecule has 0 aliphatic carbocycles. The van der Waals surface area contributed by atoms with Gasteiger partial charge in [-0.05, 0) is 31.9 Å². The maximum Gasteiger partial charge on any atom is 0.191 e. The summed E-state index contributed by atoms with van der Waals surface area (Å²) in [6.45, 7) is 7.82. The lowest BCUT2D eigenvalue weighted by Crippen LogP contribution is -2.36. The van der Waals surface area contributed by atoms with Crippen LogP contribution in [0.3, 0.4) is 0 Å². The standard InChI is InChI=1S/C17H26N4OS/c1-5-13(6-2)16-9-14(22-21-16)10-19-17(18-4)20-11-15-8-7-12(3)23-15/h7-9,13H,5-6,10-11H2,1-4H3,(H2,18,19,20). The fourth-order valence-corrected chi connectivity index (χ4v) is 3.28. The summed E-state index contributed by atoms with van der Waals surface area (Å²) in [6, 6.07) is 6.31. The molecular formula is C17H26N4OS. The van der Waals surface area contributed by atoms with Crippen molar-refractivity contribution in [1.82, 2.24) is 15.8 Å². The zero-order valence-electron chi connectivity index (χ0n) is 14.3. The molecule has 0 saturated carbocycles. The Kier molecular flexibility index (Phi) is 6.65. The number of thiophene rings is 1. The van der Waals surface area contributed by atoms with E-state index in [9.17, 15) is 0 Å². The minimum Gasteiger partial charge on any atom is -0.359 e. The van der Waals surface area contributed by atoms with E-state index in [1.165, 1.54) is 9.75 Å². The van der Waals surface area contributed by atoms with Gasteiger partial charge in [-0.15, -0.1) is 11.3 Å². The molecule has 0 atom stereocenters. The van der Waals surface area contributed by atoms with Gasteiger partial charge in [0.2, 0.25) is 0 Å². The Morgan fingerprint density at radius 1 is 1.26 bits per heavy atom. The van der Waals surface area contributed by atoms with Gasteiger partial charge >= 0.3 is 0 Å². The van der Waals surface area contributed by atoms with Crippen LogP contribution in [0.15, 0.2) is 27.7 Å². The number of nitrogens with zero attached hydrogens (tertiary/aromatic N) is 2. The molecule has 2 aromatic rings. The SMILES string of the molecule is CCC(CC)c1cc(CNC(=NC)NCc2ccc(C)s2)on1.